The normalized spacial score (nSPS) is 35.8. The Morgan fingerprint density at radius 1 is 1.31 bits per heavy atom. The van der Waals surface area contributed by atoms with Crippen LogP contribution in [0.1, 0.15) is 65.7 Å². The average Bonchev–Trinajstić information content (AvgIpc) is 3.00. The number of carbonyl (C=O) groups is 3. The van der Waals surface area contributed by atoms with Crippen molar-refractivity contribution in [3.05, 3.63) is 23.8 Å². The van der Waals surface area contributed by atoms with Crippen LogP contribution >= 0.6 is 0 Å². The number of nitrogens with zero attached hydrogens (tertiary/aromatic N) is 1. The zero-order valence-electron chi connectivity index (χ0n) is 17.7. The maximum atomic E-state index is 12.7. The van der Waals surface area contributed by atoms with Gasteiger partial charge in [-0.1, -0.05) is 31.6 Å². The minimum atomic E-state index is -1.00. The summed E-state index contributed by atoms with van der Waals surface area (Å²) in [6.45, 7) is 10.3. The van der Waals surface area contributed by atoms with E-state index in [0.29, 0.717) is 25.0 Å². The van der Waals surface area contributed by atoms with E-state index in [9.17, 15) is 24.6 Å². The van der Waals surface area contributed by atoms with Crippen molar-refractivity contribution in [1.82, 2.24) is 4.90 Å². The maximum absolute atomic E-state index is 12.7. The fourth-order valence-corrected chi connectivity index (χ4v) is 6.28. The summed E-state index contributed by atoms with van der Waals surface area (Å²) < 4.78 is 0. The van der Waals surface area contributed by atoms with Crippen molar-refractivity contribution in [1.29, 1.82) is 0 Å². The SMILES string of the molecule is C=C1CCC2C(C)(C(=O)O)CCCC2(C)C1CCC1=CCN(C(C)C(=O)O)C1=O. The summed E-state index contributed by atoms with van der Waals surface area (Å²) in [7, 11) is 0. The highest BCUT2D eigenvalue weighted by atomic mass is 16.4. The smallest absolute Gasteiger partial charge is 0.326 e. The summed E-state index contributed by atoms with van der Waals surface area (Å²) in [6.07, 6.45) is 7.47. The molecule has 0 aromatic rings. The van der Waals surface area contributed by atoms with Crippen molar-refractivity contribution < 1.29 is 24.6 Å². The zero-order chi connectivity index (χ0) is 21.6. The standard InChI is InChI=1S/C23H33NO5/c1-14-6-9-18-22(3,11-5-12-23(18,4)21(28)29)17(14)8-7-16-10-13-24(19(16)25)15(2)20(26)27/h10,15,17-18H,1,5-9,11-13H2,2-4H3,(H,26,27)(H,28,29). The highest BCUT2D eigenvalue weighted by Crippen LogP contribution is 2.62. The molecule has 0 saturated heterocycles. The van der Waals surface area contributed by atoms with E-state index in [4.69, 9.17) is 0 Å². The number of hydrogen-bond acceptors (Lipinski definition) is 3. The molecule has 0 spiro atoms. The molecule has 0 aromatic heterocycles. The van der Waals surface area contributed by atoms with Gasteiger partial charge in [-0.2, -0.15) is 0 Å². The van der Waals surface area contributed by atoms with E-state index in [2.05, 4.69) is 13.5 Å². The molecule has 2 N–H and O–H groups in total. The second-order valence-electron chi connectivity index (χ2n) is 9.62. The lowest BCUT2D eigenvalue weighted by atomic mass is 9.46. The molecule has 0 radical (unpaired) electrons. The maximum Gasteiger partial charge on any atom is 0.326 e. The summed E-state index contributed by atoms with van der Waals surface area (Å²) in [4.78, 5) is 37.4. The number of allylic oxidation sites excluding steroid dienone is 1. The lowest BCUT2D eigenvalue weighted by molar-refractivity contribution is -0.164. The highest BCUT2D eigenvalue weighted by molar-refractivity contribution is 5.98. The third kappa shape index (κ3) is 3.51. The molecular weight excluding hydrogens is 370 g/mol. The number of rotatable bonds is 6. The fraction of sp³-hybridized carbons (Fsp3) is 0.696. The van der Waals surface area contributed by atoms with E-state index in [0.717, 1.165) is 32.1 Å². The molecule has 1 heterocycles. The third-order valence-electron chi connectivity index (χ3n) is 8.11. The van der Waals surface area contributed by atoms with Crippen molar-refractivity contribution in [3.63, 3.8) is 0 Å². The number of hydrogen-bond donors (Lipinski definition) is 2. The summed E-state index contributed by atoms with van der Waals surface area (Å²) >= 11 is 0. The van der Waals surface area contributed by atoms with Gasteiger partial charge < -0.3 is 15.1 Å². The van der Waals surface area contributed by atoms with Crippen LogP contribution in [0, 0.1) is 22.7 Å². The van der Waals surface area contributed by atoms with Crippen molar-refractivity contribution in [2.75, 3.05) is 6.54 Å². The molecule has 1 aliphatic heterocycles. The van der Waals surface area contributed by atoms with Gasteiger partial charge in [0, 0.05) is 12.1 Å². The Bertz CT molecular complexity index is 771. The van der Waals surface area contributed by atoms with Crippen LogP contribution in [0.25, 0.3) is 0 Å². The van der Waals surface area contributed by atoms with Crippen molar-refractivity contribution in [2.24, 2.45) is 22.7 Å². The number of carbonyl (C=O) groups excluding carboxylic acids is 1. The van der Waals surface area contributed by atoms with Crippen LogP contribution in [0.5, 0.6) is 0 Å². The minimum absolute atomic E-state index is 0.105. The zero-order valence-corrected chi connectivity index (χ0v) is 17.7. The fourth-order valence-electron chi connectivity index (χ4n) is 6.28. The topological polar surface area (TPSA) is 94.9 Å². The Balaban J connectivity index is 1.75. The third-order valence-corrected chi connectivity index (χ3v) is 8.11. The molecular formula is C23H33NO5. The molecule has 3 rings (SSSR count). The Hall–Kier alpha value is -2.11. The van der Waals surface area contributed by atoms with Gasteiger partial charge in [0.15, 0.2) is 0 Å². The molecule has 160 valence electrons. The number of carboxylic acids is 2. The predicted molar refractivity (Wildman–Crippen MR) is 109 cm³/mol. The first kappa shape index (κ1) is 21.6. The first-order valence-corrected chi connectivity index (χ1v) is 10.7. The van der Waals surface area contributed by atoms with Crippen LogP contribution in [0.4, 0.5) is 0 Å². The van der Waals surface area contributed by atoms with Gasteiger partial charge in [-0.05, 0) is 69.6 Å². The van der Waals surface area contributed by atoms with Gasteiger partial charge in [-0.3, -0.25) is 9.59 Å². The van der Waals surface area contributed by atoms with Gasteiger partial charge in [0.2, 0.25) is 0 Å². The van der Waals surface area contributed by atoms with Crippen LogP contribution < -0.4 is 0 Å². The molecule has 2 saturated carbocycles. The Morgan fingerprint density at radius 2 is 2.00 bits per heavy atom. The van der Waals surface area contributed by atoms with Gasteiger partial charge in [0.25, 0.3) is 5.91 Å². The van der Waals surface area contributed by atoms with Crippen LogP contribution in [0.15, 0.2) is 23.8 Å². The Labute approximate surface area is 172 Å². The molecule has 0 bridgehead atoms. The molecule has 0 aromatic carbocycles. The second kappa shape index (κ2) is 7.62. The van der Waals surface area contributed by atoms with E-state index < -0.39 is 23.4 Å². The first-order chi connectivity index (χ1) is 13.5. The van der Waals surface area contributed by atoms with Crippen LogP contribution in [-0.2, 0) is 14.4 Å². The van der Waals surface area contributed by atoms with Gasteiger partial charge in [0.1, 0.15) is 6.04 Å². The molecule has 6 nitrogen and oxygen atoms in total. The molecule has 6 heteroatoms. The van der Waals surface area contributed by atoms with Gasteiger partial charge in [-0.25, -0.2) is 4.79 Å². The summed E-state index contributed by atoms with van der Waals surface area (Å²) in [5.74, 6) is -1.61. The molecule has 5 atom stereocenters. The van der Waals surface area contributed by atoms with Crippen molar-refractivity contribution in [2.45, 2.75) is 71.8 Å². The number of amides is 1. The number of fused-ring (bicyclic) bond motifs is 1. The summed E-state index contributed by atoms with van der Waals surface area (Å²) in [6, 6.07) is -0.836. The first-order valence-electron chi connectivity index (χ1n) is 10.7. The summed E-state index contributed by atoms with van der Waals surface area (Å²) in [5.41, 5.74) is 1.01. The van der Waals surface area contributed by atoms with Gasteiger partial charge >= 0.3 is 11.9 Å². The number of aliphatic carboxylic acids is 2. The quantitative estimate of drug-likeness (QED) is 0.657. The summed E-state index contributed by atoms with van der Waals surface area (Å²) in [5, 5.41) is 19.1. The minimum Gasteiger partial charge on any atom is -0.481 e. The van der Waals surface area contributed by atoms with E-state index in [1.807, 2.05) is 13.0 Å². The molecule has 29 heavy (non-hydrogen) atoms. The Kier molecular flexibility index (Phi) is 5.67. The van der Waals surface area contributed by atoms with Crippen LogP contribution in [-0.4, -0.2) is 45.5 Å². The lowest BCUT2D eigenvalue weighted by Crippen LogP contribution is -2.53. The monoisotopic (exact) mass is 403 g/mol. The highest BCUT2D eigenvalue weighted by Gasteiger charge is 2.57. The van der Waals surface area contributed by atoms with Crippen molar-refractivity contribution >= 4 is 17.8 Å². The van der Waals surface area contributed by atoms with E-state index in [-0.39, 0.29) is 23.2 Å². The largest absolute Gasteiger partial charge is 0.481 e. The Morgan fingerprint density at radius 3 is 2.62 bits per heavy atom. The molecule has 3 aliphatic rings. The van der Waals surface area contributed by atoms with E-state index >= 15 is 0 Å². The molecule has 2 aliphatic carbocycles. The molecule has 5 unspecified atom stereocenters. The van der Waals surface area contributed by atoms with E-state index in [1.165, 1.54) is 17.4 Å². The van der Waals surface area contributed by atoms with E-state index in [1.54, 1.807) is 0 Å². The predicted octanol–water partition coefficient (Wildman–Crippen LogP) is 3.87. The number of carboxylic acid groups (broad SMARTS) is 2. The molecule has 1 amide bonds. The van der Waals surface area contributed by atoms with Crippen molar-refractivity contribution in [3.8, 4) is 0 Å². The van der Waals surface area contributed by atoms with Crippen LogP contribution in [0.2, 0.25) is 0 Å². The lowest BCUT2D eigenvalue weighted by Gasteiger charge is -2.57. The molecule has 2 fully saturated rings. The van der Waals surface area contributed by atoms with Gasteiger partial charge in [-0.15, -0.1) is 0 Å². The average molecular weight is 404 g/mol. The second-order valence-corrected chi connectivity index (χ2v) is 9.62. The van der Waals surface area contributed by atoms with Crippen LogP contribution in [0.3, 0.4) is 0 Å². The van der Waals surface area contributed by atoms with Gasteiger partial charge in [0.05, 0.1) is 5.41 Å².